The predicted octanol–water partition coefficient (Wildman–Crippen LogP) is 1.99. The standard InChI is InChI=1S/C15H25N3O/c1-6-18(12(3)10-17(4)5)15(19)14-8-7-13(16)9-11(14)2/h7-9,12H,6,10,16H2,1-5H3. The number of hydrogen-bond acceptors (Lipinski definition) is 3. The number of aryl methyl sites for hydroxylation is 1. The van der Waals surface area contributed by atoms with Gasteiger partial charge in [0, 0.05) is 30.4 Å². The van der Waals surface area contributed by atoms with Crippen molar-refractivity contribution in [3.63, 3.8) is 0 Å². The molecular weight excluding hydrogens is 238 g/mol. The van der Waals surface area contributed by atoms with E-state index in [9.17, 15) is 4.79 Å². The minimum absolute atomic E-state index is 0.0781. The molecule has 1 amide bonds. The van der Waals surface area contributed by atoms with Crippen LogP contribution in [-0.2, 0) is 0 Å². The summed E-state index contributed by atoms with van der Waals surface area (Å²) in [4.78, 5) is 16.6. The molecule has 0 aliphatic heterocycles. The van der Waals surface area contributed by atoms with Crippen molar-refractivity contribution in [2.24, 2.45) is 0 Å². The molecule has 0 aliphatic carbocycles. The smallest absolute Gasteiger partial charge is 0.254 e. The van der Waals surface area contributed by atoms with Gasteiger partial charge in [0.05, 0.1) is 0 Å². The van der Waals surface area contributed by atoms with E-state index in [0.29, 0.717) is 12.2 Å². The Kier molecular flexibility index (Phi) is 5.36. The first-order valence-electron chi connectivity index (χ1n) is 6.68. The summed E-state index contributed by atoms with van der Waals surface area (Å²) in [6.07, 6.45) is 0. The van der Waals surface area contributed by atoms with Crippen LogP contribution in [0.3, 0.4) is 0 Å². The van der Waals surface area contributed by atoms with Crippen molar-refractivity contribution in [2.45, 2.75) is 26.8 Å². The van der Waals surface area contributed by atoms with Crippen molar-refractivity contribution < 1.29 is 4.79 Å². The topological polar surface area (TPSA) is 49.6 Å². The summed E-state index contributed by atoms with van der Waals surface area (Å²) in [6.45, 7) is 7.57. The second-order valence-corrected chi connectivity index (χ2v) is 5.28. The summed E-state index contributed by atoms with van der Waals surface area (Å²) in [7, 11) is 4.03. The van der Waals surface area contributed by atoms with E-state index < -0.39 is 0 Å². The SMILES string of the molecule is CCN(C(=O)c1ccc(N)cc1C)C(C)CN(C)C. The van der Waals surface area contributed by atoms with Gasteiger partial charge in [-0.15, -0.1) is 0 Å². The summed E-state index contributed by atoms with van der Waals surface area (Å²) in [5.74, 6) is 0.0781. The third-order valence-electron chi connectivity index (χ3n) is 3.24. The Morgan fingerprint density at radius 3 is 2.47 bits per heavy atom. The Morgan fingerprint density at radius 2 is 2.00 bits per heavy atom. The Labute approximate surface area is 116 Å². The molecule has 0 heterocycles. The lowest BCUT2D eigenvalue weighted by molar-refractivity contribution is 0.0678. The number of anilines is 1. The number of likely N-dealkylation sites (N-methyl/N-ethyl adjacent to an activating group) is 2. The summed E-state index contributed by atoms with van der Waals surface area (Å²) in [5, 5.41) is 0. The maximum atomic E-state index is 12.6. The zero-order valence-corrected chi connectivity index (χ0v) is 12.6. The van der Waals surface area contributed by atoms with Gasteiger partial charge in [-0.1, -0.05) is 0 Å². The van der Waals surface area contributed by atoms with Crippen LogP contribution in [0, 0.1) is 6.92 Å². The summed E-state index contributed by atoms with van der Waals surface area (Å²) in [5.41, 5.74) is 8.09. The van der Waals surface area contributed by atoms with E-state index in [2.05, 4.69) is 11.8 Å². The Hall–Kier alpha value is -1.55. The number of nitrogen functional groups attached to an aromatic ring is 1. The molecule has 4 nitrogen and oxygen atoms in total. The molecule has 1 atom stereocenters. The van der Waals surface area contributed by atoms with Crippen molar-refractivity contribution >= 4 is 11.6 Å². The van der Waals surface area contributed by atoms with Gasteiger partial charge in [-0.05, 0) is 58.6 Å². The normalized spacial score (nSPS) is 12.5. The quantitative estimate of drug-likeness (QED) is 0.827. The average molecular weight is 263 g/mol. The van der Waals surface area contributed by atoms with Gasteiger partial charge in [-0.2, -0.15) is 0 Å². The zero-order chi connectivity index (χ0) is 14.6. The van der Waals surface area contributed by atoms with Crippen molar-refractivity contribution in [2.75, 3.05) is 32.9 Å². The van der Waals surface area contributed by atoms with Gasteiger partial charge >= 0.3 is 0 Å². The fourth-order valence-corrected chi connectivity index (χ4v) is 2.36. The molecular formula is C15H25N3O. The number of nitrogens with zero attached hydrogens (tertiary/aromatic N) is 2. The van der Waals surface area contributed by atoms with Gasteiger partial charge in [-0.3, -0.25) is 4.79 Å². The van der Waals surface area contributed by atoms with Crippen molar-refractivity contribution in [3.8, 4) is 0 Å². The molecule has 0 aromatic heterocycles. The lowest BCUT2D eigenvalue weighted by atomic mass is 10.1. The molecule has 1 aromatic rings. The molecule has 1 aromatic carbocycles. The largest absolute Gasteiger partial charge is 0.399 e. The van der Waals surface area contributed by atoms with Gasteiger partial charge in [-0.25, -0.2) is 0 Å². The average Bonchev–Trinajstić information content (AvgIpc) is 2.28. The van der Waals surface area contributed by atoms with Crippen LogP contribution in [0.15, 0.2) is 18.2 Å². The molecule has 1 unspecified atom stereocenters. The maximum absolute atomic E-state index is 12.6. The number of benzene rings is 1. The number of rotatable bonds is 5. The highest BCUT2D eigenvalue weighted by atomic mass is 16.2. The molecule has 0 spiro atoms. The molecule has 0 radical (unpaired) electrons. The first-order chi connectivity index (χ1) is 8.86. The van der Waals surface area contributed by atoms with Crippen LogP contribution in [-0.4, -0.2) is 48.9 Å². The van der Waals surface area contributed by atoms with Crippen molar-refractivity contribution in [1.82, 2.24) is 9.80 Å². The van der Waals surface area contributed by atoms with Crippen LogP contribution >= 0.6 is 0 Å². The number of carbonyl (C=O) groups excluding carboxylic acids is 1. The minimum atomic E-state index is 0.0781. The molecule has 0 saturated carbocycles. The van der Waals surface area contributed by atoms with Crippen molar-refractivity contribution in [3.05, 3.63) is 29.3 Å². The lowest BCUT2D eigenvalue weighted by Crippen LogP contribution is -2.43. The Morgan fingerprint density at radius 1 is 1.37 bits per heavy atom. The number of carbonyl (C=O) groups is 1. The van der Waals surface area contributed by atoms with Crippen LogP contribution in [0.25, 0.3) is 0 Å². The van der Waals surface area contributed by atoms with Gasteiger partial charge in [0.1, 0.15) is 0 Å². The van der Waals surface area contributed by atoms with E-state index in [1.54, 1.807) is 6.07 Å². The summed E-state index contributed by atoms with van der Waals surface area (Å²) in [6, 6.07) is 5.63. The first-order valence-corrected chi connectivity index (χ1v) is 6.68. The van der Waals surface area contributed by atoms with Crippen molar-refractivity contribution in [1.29, 1.82) is 0 Å². The highest BCUT2D eigenvalue weighted by Crippen LogP contribution is 2.16. The van der Waals surface area contributed by atoms with E-state index in [1.165, 1.54) is 0 Å². The van der Waals surface area contributed by atoms with Gasteiger partial charge < -0.3 is 15.5 Å². The number of hydrogen-bond donors (Lipinski definition) is 1. The third-order valence-corrected chi connectivity index (χ3v) is 3.24. The fourth-order valence-electron chi connectivity index (χ4n) is 2.36. The maximum Gasteiger partial charge on any atom is 0.254 e. The lowest BCUT2D eigenvalue weighted by Gasteiger charge is -2.30. The second kappa shape index (κ2) is 6.57. The van der Waals surface area contributed by atoms with Gasteiger partial charge in [0.15, 0.2) is 0 Å². The molecule has 0 saturated heterocycles. The molecule has 19 heavy (non-hydrogen) atoms. The van der Waals surface area contributed by atoms with Crippen LogP contribution < -0.4 is 5.73 Å². The van der Waals surface area contributed by atoms with Crippen LogP contribution in [0.1, 0.15) is 29.8 Å². The molecule has 2 N–H and O–H groups in total. The second-order valence-electron chi connectivity index (χ2n) is 5.28. The Balaban J connectivity index is 2.95. The fraction of sp³-hybridized carbons (Fsp3) is 0.533. The zero-order valence-electron chi connectivity index (χ0n) is 12.6. The molecule has 4 heteroatoms. The summed E-state index contributed by atoms with van der Waals surface area (Å²) < 4.78 is 0. The molecule has 1 rings (SSSR count). The Bertz CT molecular complexity index is 443. The van der Waals surface area contributed by atoms with E-state index in [0.717, 1.165) is 17.7 Å². The molecule has 0 fully saturated rings. The molecule has 106 valence electrons. The van der Waals surface area contributed by atoms with Gasteiger partial charge in [0.25, 0.3) is 5.91 Å². The monoisotopic (exact) mass is 263 g/mol. The van der Waals surface area contributed by atoms with Gasteiger partial charge in [0.2, 0.25) is 0 Å². The van der Waals surface area contributed by atoms with Crippen LogP contribution in [0.5, 0.6) is 0 Å². The van der Waals surface area contributed by atoms with E-state index in [-0.39, 0.29) is 11.9 Å². The number of nitrogens with two attached hydrogens (primary N) is 1. The third kappa shape index (κ3) is 3.96. The highest BCUT2D eigenvalue weighted by molar-refractivity contribution is 5.96. The predicted molar refractivity (Wildman–Crippen MR) is 80.3 cm³/mol. The minimum Gasteiger partial charge on any atom is -0.399 e. The number of amides is 1. The first kappa shape index (κ1) is 15.5. The molecule has 0 bridgehead atoms. The van der Waals surface area contributed by atoms with E-state index in [4.69, 9.17) is 5.73 Å². The van der Waals surface area contributed by atoms with E-state index in [1.807, 2.05) is 45.0 Å². The van der Waals surface area contributed by atoms with E-state index >= 15 is 0 Å². The van der Waals surface area contributed by atoms with Crippen LogP contribution in [0.4, 0.5) is 5.69 Å². The highest BCUT2D eigenvalue weighted by Gasteiger charge is 2.21. The van der Waals surface area contributed by atoms with Crippen LogP contribution in [0.2, 0.25) is 0 Å². The molecule has 0 aliphatic rings. The summed E-state index contributed by atoms with van der Waals surface area (Å²) >= 11 is 0.